The minimum Gasteiger partial charge on any atom is -0.378 e. The highest BCUT2D eigenvalue weighted by atomic mass is 16.5. The molecule has 2 unspecified atom stereocenters. The summed E-state index contributed by atoms with van der Waals surface area (Å²) in [7, 11) is 0. The number of rotatable bonds is 4. The lowest BCUT2D eigenvalue weighted by atomic mass is 9.51. The molecule has 21 heavy (non-hydrogen) atoms. The Balaban J connectivity index is 1.54. The molecule has 3 aliphatic rings. The number of aliphatic imine (C=N–C) groups is 1. The van der Waals surface area contributed by atoms with Crippen LogP contribution in [0.5, 0.6) is 0 Å². The zero-order valence-electron chi connectivity index (χ0n) is 13.4. The van der Waals surface area contributed by atoms with E-state index in [-0.39, 0.29) is 0 Å². The first-order valence-corrected chi connectivity index (χ1v) is 8.96. The van der Waals surface area contributed by atoms with Gasteiger partial charge in [-0.1, -0.05) is 32.1 Å². The van der Waals surface area contributed by atoms with Crippen molar-refractivity contribution in [2.24, 2.45) is 16.1 Å². The summed E-state index contributed by atoms with van der Waals surface area (Å²) in [4.78, 5) is 4.82. The van der Waals surface area contributed by atoms with Crippen molar-refractivity contribution in [1.82, 2.24) is 5.32 Å². The molecule has 2 atom stereocenters. The highest BCUT2D eigenvalue weighted by Crippen LogP contribution is 2.58. The average Bonchev–Trinajstić information content (AvgIpc) is 2.64. The predicted molar refractivity (Wildman–Crippen MR) is 86.4 cm³/mol. The fraction of sp³-hybridized carbons (Fsp3) is 0.941. The van der Waals surface area contributed by atoms with Crippen molar-refractivity contribution >= 4 is 5.96 Å². The fourth-order valence-corrected chi connectivity index (χ4v) is 4.42. The van der Waals surface area contributed by atoms with Crippen LogP contribution in [0.4, 0.5) is 0 Å². The summed E-state index contributed by atoms with van der Waals surface area (Å²) < 4.78 is 5.88. The van der Waals surface area contributed by atoms with Crippen LogP contribution >= 0.6 is 0 Å². The van der Waals surface area contributed by atoms with Crippen LogP contribution in [0, 0.1) is 5.41 Å². The van der Waals surface area contributed by atoms with E-state index in [9.17, 15) is 0 Å². The van der Waals surface area contributed by atoms with Gasteiger partial charge in [-0.15, -0.1) is 0 Å². The smallest absolute Gasteiger partial charge is 0.189 e. The van der Waals surface area contributed by atoms with Crippen LogP contribution in [0.2, 0.25) is 0 Å². The number of nitrogens with one attached hydrogen (secondary N) is 1. The predicted octanol–water partition coefficient (Wildman–Crippen LogP) is 2.96. The largest absolute Gasteiger partial charge is 0.378 e. The molecule has 3 N–H and O–H groups in total. The number of ether oxygens (including phenoxy) is 1. The lowest BCUT2D eigenvalue weighted by Gasteiger charge is -2.59. The number of hydrogen-bond acceptors (Lipinski definition) is 2. The van der Waals surface area contributed by atoms with Gasteiger partial charge in [-0.05, 0) is 39.0 Å². The van der Waals surface area contributed by atoms with Gasteiger partial charge in [0.25, 0.3) is 0 Å². The Labute approximate surface area is 128 Å². The molecule has 1 spiro atoms. The van der Waals surface area contributed by atoms with Crippen molar-refractivity contribution in [3.05, 3.63) is 0 Å². The molecule has 0 heterocycles. The molecule has 0 aliphatic heterocycles. The third-order valence-electron chi connectivity index (χ3n) is 5.90. The molecular formula is C17H31N3O. The van der Waals surface area contributed by atoms with Crippen molar-refractivity contribution in [2.45, 2.75) is 89.3 Å². The summed E-state index contributed by atoms with van der Waals surface area (Å²) in [6, 6.07) is 0.928. The number of guanidine groups is 1. The van der Waals surface area contributed by atoms with Gasteiger partial charge in [0.1, 0.15) is 0 Å². The van der Waals surface area contributed by atoms with Gasteiger partial charge in [0.05, 0.1) is 12.1 Å². The van der Waals surface area contributed by atoms with Crippen LogP contribution in [0.25, 0.3) is 0 Å². The SMILES string of the molecule is CCOC1CC(N=C(N)NC2CCCCCC2)C12CCC2. The lowest BCUT2D eigenvalue weighted by Crippen LogP contribution is -2.62. The van der Waals surface area contributed by atoms with Crippen molar-refractivity contribution in [3.8, 4) is 0 Å². The molecule has 3 aliphatic carbocycles. The molecule has 0 aromatic heterocycles. The first-order chi connectivity index (χ1) is 10.2. The molecule has 4 nitrogen and oxygen atoms in total. The molecule has 4 heteroatoms. The van der Waals surface area contributed by atoms with Crippen LogP contribution in [0.1, 0.15) is 71.1 Å². The Morgan fingerprint density at radius 2 is 1.90 bits per heavy atom. The van der Waals surface area contributed by atoms with Gasteiger partial charge < -0.3 is 15.8 Å². The summed E-state index contributed by atoms with van der Waals surface area (Å²) in [5, 5.41) is 3.48. The van der Waals surface area contributed by atoms with Crippen LogP contribution in [-0.4, -0.2) is 30.8 Å². The average molecular weight is 293 g/mol. The van der Waals surface area contributed by atoms with E-state index in [1.165, 1.54) is 57.8 Å². The first-order valence-electron chi connectivity index (χ1n) is 8.96. The molecule has 0 aromatic carbocycles. The quantitative estimate of drug-likeness (QED) is 0.476. The Kier molecular flexibility index (Phi) is 4.72. The number of nitrogens with zero attached hydrogens (tertiary/aromatic N) is 1. The van der Waals surface area contributed by atoms with Crippen LogP contribution in [0.3, 0.4) is 0 Å². The molecule has 0 saturated heterocycles. The van der Waals surface area contributed by atoms with E-state index in [4.69, 9.17) is 15.5 Å². The van der Waals surface area contributed by atoms with Gasteiger partial charge in [0.2, 0.25) is 0 Å². The Bertz CT molecular complexity index is 370. The Morgan fingerprint density at radius 3 is 2.48 bits per heavy atom. The summed E-state index contributed by atoms with van der Waals surface area (Å²) in [6.07, 6.45) is 13.2. The molecule has 3 rings (SSSR count). The topological polar surface area (TPSA) is 59.6 Å². The normalized spacial score (nSPS) is 33.1. The second-order valence-corrected chi connectivity index (χ2v) is 7.13. The van der Waals surface area contributed by atoms with Gasteiger partial charge in [-0.25, -0.2) is 4.99 Å². The van der Waals surface area contributed by atoms with E-state index in [1.807, 2.05) is 0 Å². The van der Waals surface area contributed by atoms with Gasteiger partial charge in [0, 0.05) is 18.1 Å². The van der Waals surface area contributed by atoms with Gasteiger partial charge in [0.15, 0.2) is 5.96 Å². The molecule has 0 radical (unpaired) electrons. The maximum atomic E-state index is 6.18. The second-order valence-electron chi connectivity index (χ2n) is 7.13. The van der Waals surface area contributed by atoms with E-state index in [1.54, 1.807) is 0 Å². The van der Waals surface area contributed by atoms with E-state index >= 15 is 0 Å². The third kappa shape index (κ3) is 3.05. The molecule has 0 amide bonds. The van der Waals surface area contributed by atoms with Crippen LogP contribution in [0.15, 0.2) is 4.99 Å². The molecule has 120 valence electrons. The zero-order valence-corrected chi connectivity index (χ0v) is 13.4. The Morgan fingerprint density at radius 1 is 1.19 bits per heavy atom. The molecular weight excluding hydrogens is 262 g/mol. The highest BCUT2D eigenvalue weighted by molar-refractivity contribution is 5.78. The summed E-state index contributed by atoms with van der Waals surface area (Å²) in [6.45, 7) is 2.91. The fourth-order valence-electron chi connectivity index (χ4n) is 4.42. The van der Waals surface area contributed by atoms with E-state index in [0.717, 1.165) is 13.0 Å². The van der Waals surface area contributed by atoms with Crippen LogP contribution < -0.4 is 11.1 Å². The maximum Gasteiger partial charge on any atom is 0.189 e. The van der Waals surface area contributed by atoms with E-state index < -0.39 is 0 Å². The van der Waals surface area contributed by atoms with E-state index in [0.29, 0.717) is 29.6 Å². The van der Waals surface area contributed by atoms with Crippen molar-refractivity contribution in [2.75, 3.05) is 6.61 Å². The number of nitrogens with two attached hydrogens (primary N) is 1. The third-order valence-corrected chi connectivity index (χ3v) is 5.90. The van der Waals surface area contributed by atoms with Gasteiger partial charge >= 0.3 is 0 Å². The maximum absolute atomic E-state index is 6.18. The second kappa shape index (κ2) is 6.55. The van der Waals surface area contributed by atoms with Crippen molar-refractivity contribution in [3.63, 3.8) is 0 Å². The first kappa shape index (κ1) is 15.1. The zero-order chi connectivity index (χ0) is 14.7. The molecule has 0 bridgehead atoms. The molecule has 3 saturated carbocycles. The minimum absolute atomic E-state index is 0.325. The summed E-state index contributed by atoms with van der Waals surface area (Å²) in [5.41, 5.74) is 6.51. The molecule has 3 fully saturated rings. The van der Waals surface area contributed by atoms with Gasteiger partial charge in [-0.3, -0.25) is 0 Å². The van der Waals surface area contributed by atoms with Crippen molar-refractivity contribution in [1.29, 1.82) is 0 Å². The van der Waals surface area contributed by atoms with Gasteiger partial charge in [-0.2, -0.15) is 0 Å². The lowest BCUT2D eigenvalue weighted by molar-refractivity contribution is -0.162. The number of hydrogen-bond donors (Lipinski definition) is 2. The van der Waals surface area contributed by atoms with E-state index in [2.05, 4.69) is 12.2 Å². The summed E-state index contributed by atoms with van der Waals surface area (Å²) in [5.74, 6) is 0.674. The highest BCUT2D eigenvalue weighted by Gasteiger charge is 2.59. The standard InChI is InChI=1S/C17H31N3O/c1-2-21-15-12-14(17(15)10-7-11-17)20-16(18)19-13-8-5-3-4-6-9-13/h13-15H,2-12H2,1H3,(H3,18,19,20). The van der Waals surface area contributed by atoms with Crippen LogP contribution in [-0.2, 0) is 4.74 Å². The van der Waals surface area contributed by atoms with Crippen molar-refractivity contribution < 1.29 is 4.74 Å². The minimum atomic E-state index is 0.325. The monoisotopic (exact) mass is 293 g/mol. The molecule has 0 aromatic rings. The Hall–Kier alpha value is -0.770. The summed E-state index contributed by atoms with van der Waals surface area (Å²) >= 11 is 0.